The molecule has 1 aromatic heterocycles. The quantitative estimate of drug-likeness (QED) is 0.626. The minimum atomic E-state index is 0.604. The Morgan fingerprint density at radius 2 is 2.40 bits per heavy atom. The van der Waals surface area contributed by atoms with Crippen LogP contribution in [0.1, 0.15) is 32.7 Å². The molecule has 0 amide bonds. The van der Waals surface area contributed by atoms with Gasteiger partial charge in [-0.2, -0.15) is 0 Å². The van der Waals surface area contributed by atoms with E-state index in [1.807, 2.05) is 18.7 Å². The van der Waals surface area contributed by atoms with E-state index < -0.39 is 0 Å². The number of rotatable bonds is 3. The summed E-state index contributed by atoms with van der Waals surface area (Å²) in [6, 6.07) is 0.604. The molecular formula is C8H14N2. The van der Waals surface area contributed by atoms with Gasteiger partial charge in [0.15, 0.2) is 0 Å². The molecule has 0 bridgehead atoms. The van der Waals surface area contributed by atoms with Crippen molar-refractivity contribution in [2.24, 2.45) is 0 Å². The molecule has 1 aromatic rings. The van der Waals surface area contributed by atoms with Crippen LogP contribution in [0.15, 0.2) is 18.7 Å². The molecule has 2 nitrogen and oxygen atoms in total. The highest BCUT2D eigenvalue weighted by molar-refractivity contribution is 4.78. The summed E-state index contributed by atoms with van der Waals surface area (Å²) in [7, 11) is 0. The molecule has 0 spiro atoms. The topological polar surface area (TPSA) is 17.8 Å². The van der Waals surface area contributed by atoms with Crippen molar-refractivity contribution in [2.45, 2.75) is 32.7 Å². The van der Waals surface area contributed by atoms with Crippen LogP contribution in [0.3, 0.4) is 0 Å². The van der Waals surface area contributed by atoms with Crippen LogP contribution in [0.2, 0.25) is 0 Å². The largest absolute Gasteiger partial charge is 0.335 e. The average Bonchev–Trinajstić information content (AvgIpc) is 2.38. The normalized spacial score (nSPS) is 13.4. The Kier molecular flexibility index (Phi) is 2.49. The Hall–Kier alpha value is -0.790. The summed E-state index contributed by atoms with van der Waals surface area (Å²) in [6.45, 7) is 4.42. The van der Waals surface area contributed by atoms with Gasteiger partial charge in [-0.3, -0.25) is 0 Å². The first-order valence-corrected chi connectivity index (χ1v) is 3.82. The van der Waals surface area contributed by atoms with E-state index in [4.69, 9.17) is 0 Å². The molecule has 2 heteroatoms. The van der Waals surface area contributed by atoms with Gasteiger partial charge in [-0.15, -0.1) is 0 Å². The van der Waals surface area contributed by atoms with Crippen molar-refractivity contribution in [3.05, 3.63) is 18.7 Å². The number of nitrogens with zero attached hydrogens (tertiary/aromatic N) is 2. The van der Waals surface area contributed by atoms with Gasteiger partial charge in [-0.25, -0.2) is 4.98 Å². The van der Waals surface area contributed by atoms with E-state index in [2.05, 4.69) is 23.4 Å². The monoisotopic (exact) mass is 138 g/mol. The maximum Gasteiger partial charge on any atom is 0.0948 e. The second-order valence-electron chi connectivity index (χ2n) is 2.65. The van der Waals surface area contributed by atoms with E-state index in [1.54, 1.807) is 0 Å². The predicted octanol–water partition coefficient (Wildman–Crippen LogP) is 2.24. The second-order valence-corrected chi connectivity index (χ2v) is 2.65. The van der Waals surface area contributed by atoms with Crippen molar-refractivity contribution in [2.75, 3.05) is 0 Å². The fraction of sp³-hybridized carbons (Fsp3) is 0.625. The molecule has 0 saturated heterocycles. The highest BCUT2D eigenvalue weighted by Crippen LogP contribution is 2.10. The van der Waals surface area contributed by atoms with Crippen LogP contribution in [0.25, 0.3) is 0 Å². The lowest BCUT2D eigenvalue weighted by molar-refractivity contribution is 0.500. The van der Waals surface area contributed by atoms with E-state index >= 15 is 0 Å². The number of hydrogen-bond acceptors (Lipinski definition) is 1. The third kappa shape index (κ3) is 1.59. The second kappa shape index (κ2) is 3.40. The highest BCUT2D eigenvalue weighted by Gasteiger charge is 1.99. The SMILES string of the molecule is CCCC(C)n1ccnc1. The Bertz CT molecular complexity index is 167. The zero-order valence-electron chi connectivity index (χ0n) is 6.62. The van der Waals surface area contributed by atoms with Crippen molar-refractivity contribution < 1.29 is 0 Å². The Morgan fingerprint density at radius 3 is 2.90 bits per heavy atom. The number of hydrogen-bond donors (Lipinski definition) is 0. The average molecular weight is 138 g/mol. The van der Waals surface area contributed by atoms with Gasteiger partial charge in [-0.05, 0) is 13.3 Å². The van der Waals surface area contributed by atoms with E-state index in [0.29, 0.717) is 6.04 Å². The fourth-order valence-electron chi connectivity index (χ4n) is 1.10. The lowest BCUT2D eigenvalue weighted by Crippen LogP contribution is -2.00. The zero-order chi connectivity index (χ0) is 7.40. The van der Waals surface area contributed by atoms with Gasteiger partial charge in [0.2, 0.25) is 0 Å². The smallest absolute Gasteiger partial charge is 0.0948 e. The van der Waals surface area contributed by atoms with Crippen LogP contribution in [0, 0.1) is 0 Å². The summed E-state index contributed by atoms with van der Waals surface area (Å²) in [5.74, 6) is 0. The first kappa shape index (κ1) is 7.32. The molecule has 0 aliphatic carbocycles. The standard InChI is InChI=1S/C8H14N2/c1-3-4-8(2)10-6-5-9-7-10/h5-8H,3-4H2,1-2H3. The summed E-state index contributed by atoms with van der Waals surface area (Å²) in [5.41, 5.74) is 0. The van der Waals surface area contributed by atoms with E-state index in [9.17, 15) is 0 Å². The Labute approximate surface area is 61.9 Å². The van der Waals surface area contributed by atoms with Crippen LogP contribution < -0.4 is 0 Å². The molecule has 1 rings (SSSR count). The van der Waals surface area contributed by atoms with Gasteiger partial charge in [0.25, 0.3) is 0 Å². The van der Waals surface area contributed by atoms with Crippen LogP contribution in [0.5, 0.6) is 0 Å². The minimum absolute atomic E-state index is 0.604. The lowest BCUT2D eigenvalue weighted by Gasteiger charge is -2.10. The molecule has 0 radical (unpaired) electrons. The van der Waals surface area contributed by atoms with Gasteiger partial charge >= 0.3 is 0 Å². The van der Waals surface area contributed by atoms with Crippen molar-refractivity contribution in [3.63, 3.8) is 0 Å². The Morgan fingerprint density at radius 1 is 1.60 bits per heavy atom. The molecule has 0 aromatic carbocycles. The minimum Gasteiger partial charge on any atom is -0.335 e. The molecule has 1 heterocycles. The summed E-state index contributed by atoms with van der Waals surface area (Å²) in [6.07, 6.45) is 8.18. The summed E-state index contributed by atoms with van der Waals surface area (Å²) in [4.78, 5) is 3.99. The molecule has 56 valence electrons. The van der Waals surface area contributed by atoms with Crippen molar-refractivity contribution >= 4 is 0 Å². The Balaban J connectivity index is 2.50. The maximum atomic E-state index is 3.99. The van der Waals surface area contributed by atoms with Crippen LogP contribution in [0.4, 0.5) is 0 Å². The van der Waals surface area contributed by atoms with Gasteiger partial charge in [0, 0.05) is 18.4 Å². The zero-order valence-corrected chi connectivity index (χ0v) is 6.62. The van der Waals surface area contributed by atoms with Crippen LogP contribution >= 0.6 is 0 Å². The fourth-order valence-corrected chi connectivity index (χ4v) is 1.10. The molecule has 0 saturated carbocycles. The summed E-state index contributed by atoms with van der Waals surface area (Å²) >= 11 is 0. The van der Waals surface area contributed by atoms with E-state index in [1.165, 1.54) is 12.8 Å². The lowest BCUT2D eigenvalue weighted by atomic mass is 10.2. The van der Waals surface area contributed by atoms with E-state index in [-0.39, 0.29) is 0 Å². The van der Waals surface area contributed by atoms with Gasteiger partial charge in [0.1, 0.15) is 0 Å². The summed E-state index contributed by atoms with van der Waals surface area (Å²) in [5, 5.41) is 0. The van der Waals surface area contributed by atoms with Crippen LogP contribution in [-0.4, -0.2) is 9.55 Å². The van der Waals surface area contributed by atoms with Crippen molar-refractivity contribution in [3.8, 4) is 0 Å². The molecule has 1 atom stereocenters. The molecule has 0 aliphatic heterocycles. The van der Waals surface area contributed by atoms with Gasteiger partial charge < -0.3 is 4.57 Å². The molecular weight excluding hydrogens is 124 g/mol. The first-order chi connectivity index (χ1) is 4.84. The van der Waals surface area contributed by atoms with Crippen molar-refractivity contribution in [1.82, 2.24) is 9.55 Å². The third-order valence-electron chi connectivity index (χ3n) is 1.74. The third-order valence-corrected chi connectivity index (χ3v) is 1.74. The number of imidazole rings is 1. The first-order valence-electron chi connectivity index (χ1n) is 3.82. The molecule has 0 aliphatic rings. The maximum absolute atomic E-state index is 3.99. The molecule has 0 N–H and O–H groups in total. The highest BCUT2D eigenvalue weighted by atomic mass is 15.0. The molecule has 1 unspecified atom stereocenters. The predicted molar refractivity (Wildman–Crippen MR) is 41.8 cm³/mol. The van der Waals surface area contributed by atoms with Crippen LogP contribution in [-0.2, 0) is 0 Å². The number of aromatic nitrogens is 2. The van der Waals surface area contributed by atoms with Gasteiger partial charge in [0.05, 0.1) is 6.33 Å². The molecule has 0 fully saturated rings. The summed E-state index contributed by atoms with van der Waals surface area (Å²) < 4.78 is 2.14. The molecule has 10 heavy (non-hydrogen) atoms. The van der Waals surface area contributed by atoms with Gasteiger partial charge in [-0.1, -0.05) is 13.3 Å². The van der Waals surface area contributed by atoms with Crippen molar-refractivity contribution in [1.29, 1.82) is 0 Å². The van der Waals surface area contributed by atoms with E-state index in [0.717, 1.165) is 0 Å².